The number of nitrogens with zero attached hydrogens (tertiary/aromatic N) is 5. The first-order valence-electron chi connectivity index (χ1n) is 13.5. The summed E-state index contributed by atoms with van der Waals surface area (Å²) in [4.78, 5) is 12.7. The van der Waals surface area contributed by atoms with Gasteiger partial charge in [-0.1, -0.05) is 24.3 Å². The largest absolute Gasteiger partial charge is 0.494 e. The van der Waals surface area contributed by atoms with Crippen LogP contribution in [0.4, 0.5) is 36.3 Å². The summed E-state index contributed by atoms with van der Waals surface area (Å²) in [5.41, 5.74) is 1.99. The fourth-order valence-electron chi connectivity index (χ4n) is 5.46. The van der Waals surface area contributed by atoms with Crippen molar-refractivity contribution in [2.75, 3.05) is 69.2 Å². The van der Waals surface area contributed by atoms with Gasteiger partial charge in [0.1, 0.15) is 17.1 Å². The number of hydrogen-bond donors (Lipinski definition) is 2. The van der Waals surface area contributed by atoms with E-state index in [1.807, 2.05) is 24.3 Å². The van der Waals surface area contributed by atoms with Crippen molar-refractivity contribution in [2.45, 2.75) is 24.7 Å². The molecule has 226 valence electrons. The zero-order valence-electron chi connectivity index (χ0n) is 23.8. The molecule has 5 rings (SSSR count). The van der Waals surface area contributed by atoms with Gasteiger partial charge in [-0.3, -0.25) is 0 Å². The Bertz CT molecular complexity index is 1550. The van der Waals surface area contributed by atoms with Crippen molar-refractivity contribution in [2.24, 2.45) is 0 Å². The summed E-state index contributed by atoms with van der Waals surface area (Å²) >= 11 is 0. The number of likely N-dealkylation sites (N-methyl/N-ethyl adjacent to an activating group) is 2. The minimum absolute atomic E-state index is 0.0697. The van der Waals surface area contributed by atoms with Gasteiger partial charge in [0.15, 0.2) is 0 Å². The number of alkyl halides is 3. The van der Waals surface area contributed by atoms with Gasteiger partial charge in [0.05, 0.1) is 31.1 Å². The van der Waals surface area contributed by atoms with Crippen LogP contribution in [0.25, 0.3) is 0 Å². The number of piperazine rings is 1. The quantitative estimate of drug-likeness (QED) is 0.395. The molecular weight excluding hydrogens is 571 g/mol. The summed E-state index contributed by atoms with van der Waals surface area (Å²) in [5.74, 6) is -0.0251. The molecule has 1 aromatic heterocycles. The van der Waals surface area contributed by atoms with Crippen LogP contribution in [0, 0.1) is 0 Å². The van der Waals surface area contributed by atoms with E-state index >= 15 is 0 Å². The van der Waals surface area contributed by atoms with Gasteiger partial charge >= 0.3 is 6.18 Å². The van der Waals surface area contributed by atoms with Crippen LogP contribution in [0.5, 0.6) is 5.75 Å². The SMILES string of the molecule is COc1cc(N2CCN(C)CC2)ccc1Nc1ncc(C(F)(F)F)c(N[C@@H]2Cc3ccccc3[C@H]2N(C)S(C)(=O)=O)n1. The summed E-state index contributed by atoms with van der Waals surface area (Å²) in [7, 11) is 1.36. The highest BCUT2D eigenvalue weighted by molar-refractivity contribution is 7.88. The van der Waals surface area contributed by atoms with E-state index in [1.165, 1.54) is 18.5 Å². The lowest BCUT2D eigenvalue weighted by molar-refractivity contribution is -0.137. The van der Waals surface area contributed by atoms with Crippen LogP contribution in [0.1, 0.15) is 22.7 Å². The molecule has 1 aliphatic heterocycles. The molecule has 0 spiro atoms. The third-order valence-electron chi connectivity index (χ3n) is 7.83. The number of halogens is 3. The van der Waals surface area contributed by atoms with Gasteiger partial charge < -0.3 is 25.2 Å². The highest BCUT2D eigenvalue weighted by Crippen LogP contribution is 2.41. The Hall–Kier alpha value is -3.62. The van der Waals surface area contributed by atoms with Gasteiger partial charge in [-0.05, 0) is 36.7 Å². The molecule has 14 heteroatoms. The van der Waals surface area contributed by atoms with Gasteiger partial charge in [0.2, 0.25) is 16.0 Å². The number of methoxy groups -OCH3 is 1. The highest BCUT2D eigenvalue weighted by atomic mass is 32.2. The van der Waals surface area contributed by atoms with Gasteiger partial charge in [0.25, 0.3) is 0 Å². The minimum atomic E-state index is -4.74. The predicted octanol–water partition coefficient (Wildman–Crippen LogP) is 3.97. The predicted molar refractivity (Wildman–Crippen MR) is 156 cm³/mol. The average Bonchev–Trinajstić information content (AvgIpc) is 3.29. The Morgan fingerprint density at radius 3 is 2.48 bits per heavy atom. The van der Waals surface area contributed by atoms with E-state index in [0.29, 0.717) is 17.9 Å². The molecule has 2 atom stereocenters. The smallest absolute Gasteiger partial charge is 0.421 e. The second kappa shape index (κ2) is 11.6. The molecule has 2 heterocycles. The molecule has 0 saturated carbocycles. The molecule has 0 bridgehead atoms. The maximum absolute atomic E-state index is 14.1. The monoisotopic (exact) mass is 605 g/mol. The number of hydrogen-bond acceptors (Lipinski definition) is 9. The van der Waals surface area contributed by atoms with Crippen LogP contribution in [-0.4, -0.2) is 87.3 Å². The Balaban J connectivity index is 1.45. The van der Waals surface area contributed by atoms with Crippen molar-refractivity contribution in [3.05, 3.63) is 65.4 Å². The maximum atomic E-state index is 14.1. The summed E-state index contributed by atoms with van der Waals surface area (Å²) in [6.45, 7) is 3.60. The fraction of sp³-hybridized carbons (Fsp3) is 0.429. The molecule has 0 unspecified atom stereocenters. The number of sulfonamides is 1. The van der Waals surface area contributed by atoms with E-state index in [9.17, 15) is 21.6 Å². The number of anilines is 4. The standard InChI is InChI=1S/C28H34F3N7O3S/c1-36-11-13-38(14-12-36)19-9-10-22(24(16-19)41-3)34-27-32-17-21(28(29,30)31)26(35-27)33-23-15-18-7-5-6-8-20(18)25(23)37(2)42(4,39)40/h5-10,16-17,23,25H,11-15H2,1-4H3,(H2,32,33,34,35)/t23-,25-/m1/s1. The Kier molecular flexibility index (Phi) is 8.23. The first-order chi connectivity index (χ1) is 19.8. The van der Waals surface area contributed by atoms with Crippen molar-refractivity contribution >= 4 is 33.2 Å². The lowest BCUT2D eigenvalue weighted by atomic mass is 10.1. The molecular formula is C28H34F3N7O3S. The van der Waals surface area contributed by atoms with Gasteiger partial charge in [0, 0.05) is 51.2 Å². The Labute approximate surface area is 243 Å². The lowest BCUT2D eigenvalue weighted by Gasteiger charge is -2.34. The minimum Gasteiger partial charge on any atom is -0.494 e. The third-order valence-corrected chi connectivity index (χ3v) is 9.10. The molecule has 1 fully saturated rings. The number of aromatic nitrogens is 2. The van der Waals surface area contributed by atoms with Crippen LogP contribution in [0.2, 0.25) is 0 Å². The van der Waals surface area contributed by atoms with E-state index in [4.69, 9.17) is 4.74 Å². The zero-order valence-corrected chi connectivity index (χ0v) is 24.6. The Morgan fingerprint density at radius 2 is 1.81 bits per heavy atom. The summed E-state index contributed by atoms with van der Waals surface area (Å²) in [5, 5.41) is 5.91. The average molecular weight is 606 g/mol. The number of rotatable bonds is 8. The zero-order chi connectivity index (χ0) is 30.2. The van der Waals surface area contributed by atoms with Gasteiger partial charge in [-0.25, -0.2) is 13.4 Å². The van der Waals surface area contributed by atoms with Crippen LogP contribution >= 0.6 is 0 Å². The van der Waals surface area contributed by atoms with Crippen LogP contribution in [-0.2, 0) is 22.6 Å². The van der Waals surface area contributed by atoms with Crippen molar-refractivity contribution in [1.82, 2.24) is 19.2 Å². The van der Waals surface area contributed by atoms with Crippen LogP contribution in [0.3, 0.4) is 0 Å². The molecule has 0 amide bonds. The topological polar surface area (TPSA) is 103 Å². The van der Waals surface area contributed by atoms with Crippen molar-refractivity contribution < 1.29 is 26.3 Å². The molecule has 1 saturated heterocycles. The van der Waals surface area contributed by atoms with Crippen molar-refractivity contribution in [3.8, 4) is 5.75 Å². The number of ether oxygens (including phenoxy) is 1. The molecule has 0 radical (unpaired) electrons. The number of benzene rings is 2. The molecule has 3 aromatic rings. The highest BCUT2D eigenvalue weighted by Gasteiger charge is 2.41. The van der Waals surface area contributed by atoms with Gasteiger partial charge in [-0.15, -0.1) is 0 Å². The lowest BCUT2D eigenvalue weighted by Crippen LogP contribution is -2.44. The second-order valence-corrected chi connectivity index (χ2v) is 12.7. The molecule has 10 nitrogen and oxygen atoms in total. The second-order valence-electron chi connectivity index (χ2n) is 10.6. The number of nitrogens with one attached hydrogen (secondary N) is 2. The summed E-state index contributed by atoms with van der Waals surface area (Å²) in [6, 6.07) is 11.4. The first-order valence-corrected chi connectivity index (χ1v) is 15.3. The van der Waals surface area contributed by atoms with E-state index in [1.54, 1.807) is 18.2 Å². The van der Waals surface area contributed by atoms with Crippen molar-refractivity contribution in [1.29, 1.82) is 0 Å². The summed E-state index contributed by atoms with van der Waals surface area (Å²) < 4.78 is 73.9. The molecule has 2 N–H and O–H groups in total. The van der Waals surface area contributed by atoms with E-state index < -0.39 is 39.7 Å². The Morgan fingerprint density at radius 1 is 1.10 bits per heavy atom. The third kappa shape index (κ3) is 6.25. The van der Waals surface area contributed by atoms with Gasteiger partial charge in [-0.2, -0.15) is 22.5 Å². The van der Waals surface area contributed by atoms with E-state index in [-0.39, 0.29) is 5.95 Å². The van der Waals surface area contributed by atoms with Crippen molar-refractivity contribution in [3.63, 3.8) is 0 Å². The maximum Gasteiger partial charge on any atom is 0.421 e. The van der Waals surface area contributed by atoms with Crippen LogP contribution in [0.15, 0.2) is 48.7 Å². The number of fused-ring (bicyclic) bond motifs is 1. The first kappa shape index (κ1) is 29.9. The molecule has 2 aliphatic rings. The van der Waals surface area contributed by atoms with E-state index in [2.05, 4.69) is 37.4 Å². The van der Waals surface area contributed by atoms with E-state index in [0.717, 1.165) is 55.4 Å². The van der Waals surface area contributed by atoms with Crippen LogP contribution < -0.4 is 20.3 Å². The fourth-order valence-corrected chi connectivity index (χ4v) is 6.13. The molecule has 1 aliphatic carbocycles. The summed E-state index contributed by atoms with van der Waals surface area (Å²) in [6.07, 6.45) is -2.64. The molecule has 2 aromatic carbocycles. The molecule has 42 heavy (non-hydrogen) atoms. The normalized spacial score (nSPS) is 19.6.